The fourth-order valence-corrected chi connectivity index (χ4v) is 6.84. The van der Waals surface area contributed by atoms with Crippen molar-refractivity contribution in [2.24, 2.45) is 0 Å². The SMILES string of the molecule is CCOP(=O)(CN1CCN(CC[C@H](CS(=O)c2ccccc2)NC(=O)OC(C)(C)C)CC1)OCC. The minimum Gasteiger partial charge on any atom is -0.444 e. The summed E-state index contributed by atoms with van der Waals surface area (Å²) in [5.74, 6) is 0.315. The van der Waals surface area contributed by atoms with Gasteiger partial charge >= 0.3 is 13.7 Å². The van der Waals surface area contributed by atoms with Crippen LogP contribution in [-0.4, -0.2) is 89.7 Å². The number of hydrogen-bond donors (Lipinski definition) is 1. The number of nitrogens with one attached hydrogen (secondary N) is 1. The summed E-state index contributed by atoms with van der Waals surface area (Å²) >= 11 is 0. The van der Waals surface area contributed by atoms with Gasteiger partial charge in [-0.1, -0.05) is 18.2 Å². The maximum Gasteiger partial charge on any atom is 0.407 e. The molecule has 0 aromatic heterocycles. The number of hydrogen-bond acceptors (Lipinski definition) is 8. The molecule has 2 rings (SSSR count). The van der Waals surface area contributed by atoms with Gasteiger partial charge in [0.1, 0.15) is 11.9 Å². The summed E-state index contributed by atoms with van der Waals surface area (Å²) < 4.78 is 42.0. The van der Waals surface area contributed by atoms with Gasteiger partial charge in [0, 0.05) is 49.4 Å². The van der Waals surface area contributed by atoms with E-state index in [9.17, 15) is 13.6 Å². The molecule has 1 aliphatic rings. The van der Waals surface area contributed by atoms with Crippen LogP contribution >= 0.6 is 7.60 Å². The molecule has 11 heteroatoms. The van der Waals surface area contributed by atoms with Crippen LogP contribution in [0.3, 0.4) is 0 Å². The summed E-state index contributed by atoms with van der Waals surface area (Å²) in [5, 5.41) is 2.92. The Morgan fingerprint density at radius 3 is 2.17 bits per heavy atom. The maximum absolute atomic E-state index is 12.9. The van der Waals surface area contributed by atoms with Gasteiger partial charge in [-0.2, -0.15) is 0 Å². The summed E-state index contributed by atoms with van der Waals surface area (Å²) in [6.07, 6.45) is 0.440. The zero-order valence-electron chi connectivity index (χ0n) is 21.7. The van der Waals surface area contributed by atoms with Gasteiger partial charge in [-0.15, -0.1) is 0 Å². The highest BCUT2D eigenvalue weighted by Gasteiger charge is 2.29. The highest BCUT2D eigenvalue weighted by atomic mass is 32.2. The lowest BCUT2D eigenvalue weighted by atomic mass is 10.2. The van der Waals surface area contributed by atoms with Crippen molar-refractivity contribution in [2.45, 2.75) is 57.6 Å². The molecule has 1 heterocycles. The number of benzene rings is 1. The molecule has 1 aromatic carbocycles. The lowest BCUT2D eigenvalue weighted by Crippen LogP contribution is -2.49. The zero-order valence-corrected chi connectivity index (χ0v) is 23.4. The highest BCUT2D eigenvalue weighted by molar-refractivity contribution is 7.85. The van der Waals surface area contributed by atoms with Gasteiger partial charge in [0.15, 0.2) is 0 Å². The van der Waals surface area contributed by atoms with Gasteiger partial charge in [-0.3, -0.25) is 13.7 Å². The van der Waals surface area contributed by atoms with E-state index in [1.165, 1.54) is 0 Å². The summed E-state index contributed by atoms with van der Waals surface area (Å²) in [6, 6.07) is 8.99. The van der Waals surface area contributed by atoms with Crippen LogP contribution in [0.2, 0.25) is 0 Å². The predicted octanol–water partition coefficient (Wildman–Crippen LogP) is 3.92. The molecule has 1 fully saturated rings. The van der Waals surface area contributed by atoms with E-state index in [4.69, 9.17) is 13.8 Å². The van der Waals surface area contributed by atoms with Crippen LogP contribution in [0.15, 0.2) is 35.2 Å². The van der Waals surface area contributed by atoms with Crippen LogP contribution < -0.4 is 5.32 Å². The first-order chi connectivity index (χ1) is 16.5. The number of carbonyl (C=O) groups excluding carboxylic acids is 1. The number of nitrogens with zero attached hydrogens (tertiary/aromatic N) is 2. The standard InChI is InChI=1S/C24H42N3O6PS/c1-6-31-34(29,32-7-2)20-27-17-15-26(16-18-27)14-13-21(25-23(28)33-24(3,4)5)19-35(30)22-11-9-8-10-12-22/h8-12,21H,6-7,13-20H2,1-5H3,(H,25,28)/t21-,35?/m1/s1. The van der Waals surface area contributed by atoms with E-state index in [0.29, 0.717) is 31.7 Å². The van der Waals surface area contributed by atoms with Crippen molar-refractivity contribution in [2.75, 3.05) is 58.0 Å². The Hall–Kier alpha value is -1.29. The van der Waals surface area contributed by atoms with Gasteiger partial charge in [-0.05, 0) is 53.2 Å². The molecule has 0 aliphatic carbocycles. The van der Waals surface area contributed by atoms with E-state index in [-0.39, 0.29) is 6.04 Å². The number of ether oxygens (including phenoxy) is 1. The van der Waals surface area contributed by atoms with Gasteiger partial charge in [0.25, 0.3) is 0 Å². The lowest BCUT2D eigenvalue weighted by molar-refractivity contribution is 0.0502. The summed E-state index contributed by atoms with van der Waals surface area (Å²) in [5.41, 5.74) is -0.605. The Balaban J connectivity index is 1.91. The van der Waals surface area contributed by atoms with Crippen LogP contribution in [0.1, 0.15) is 41.0 Å². The molecule has 1 aliphatic heterocycles. The van der Waals surface area contributed by atoms with Crippen molar-refractivity contribution in [3.05, 3.63) is 30.3 Å². The molecule has 0 bridgehead atoms. The minimum absolute atomic E-state index is 0.292. The molecular formula is C24H42N3O6PS. The molecule has 0 radical (unpaired) electrons. The monoisotopic (exact) mass is 531 g/mol. The second-order valence-electron chi connectivity index (χ2n) is 9.50. The van der Waals surface area contributed by atoms with Gasteiger partial charge in [0.2, 0.25) is 0 Å². The Kier molecular flexibility index (Phi) is 12.4. The number of alkyl carbamates (subject to hydrolysis) is 1. The molecule has 1 aromatic rings. The fraction of sp³-hybridized carbons (Fsp3) is 0.708. The minimum atomic E-state index is -3.11. The second-order valence-corrected chi connectivity index (χ2v) is 13.0. The van der Waals surface area contributed by atoms with Crippen molar-refractivity contribution in [1.29, 1.82) is 0 Å². The van der Waals surface area contributed by atoms with E-state index >= 15 is 0 Å². The third-order valence-corrected chi connectivity index (χ3v) is 8.92. The van der Waals surface area contributed by atoms with Gasteiger partial charge in [-0.25, -0.2) is 4.79 Å². The van der Waals surface area contributed by atoms with Crippen molar-refractivity contribution >= 4 is 24.5 Å². The largest absolute Gasteiger partial charge is 0.444 e. The summed E-state index contributed by atoms with van der Waals surface area (Å²) in [7, 11) is -4.34. The summed E-state index contributed by atoms with van der Waals surface area (Å²) in [6.45, 7) is 13.7. The van der Waals surface area contributed by atoms with Crippen LogP contribution in [0.25, 0.3) is 0 Å². The van der Waals surface area contributed by atoms with Crippen LogP contribution in [0.5, 0.6) is 0 Å². The Bertz CT molecular complexity index is 833. The smallest absolute Gasteiger partial charge is 0.407 e. The third-order valence-electron chi connectivity index (χ3n) is 5.36. The first-order valence-electron chi connectivity index (χ1n) is 12.3. The van der Waals surface area contributed by atoms with Crippen molar-refractivity contribution < 1.29 is 27.4 Å². The first kappa shape index (κ1) is 29.9. The molecule has 1 N–H and O–H groups in total. The number of piperazine rings is 1. The van der Waals surface area contributed by atoms with E-state index < -0.39 is 30.1 Å². The van der Waals surface area contributed by atoms with Crippen LogP contribution in [0, 0.1) is 0 Å². The molecule has 35 heavy (non-hydrogen) atoms. The first-order valence-corrected chi connectivity index (χ1v) is 15.3. The van der Waals surface area contributed by atoms with Crippen molar-refractivity contribution in [1.82, 2.24) is 15.1 Å². The molecule has 0 saturated carbocycles. The summed E-state index contributed by atoms with van der Waals surface area (Å²) in [4.78, 5) is 17.6. The number of rotatable bonds is 13. The number of amides is 1. The zero-order chi connectivity index (χ0) is 25.9. The molecule has 0 spiro atoms. The molecular weight excluding hydrogens is 489 g/mol. The second kappa shape index (κ2) is 14.4. The highest BCUT2D eigenvalue weighted by Crippen LogP contribution is 2.48. The van der Waals surface area contributed by atoms with Crippen molar-refractivity contribution in [3.8, 4) is 0 Å². The fourth-order valence-electron chi connectivity index (χ4n) is 3.77. The Labute approximate surface area is 212 Å². The van der Waals surface area contributed by atoms with E-state index in [0.717, 1.165) is 37.6 Å². The third kappa shape index (κ3) is 11.5. The lowest BCUT2D eigenvalue weighted by Gasteiger charge is -2.36. The van der Waals surface area contributed by atoms with E-state index in [1.54, 1.807) is 0 Å². The Morgan fingerprint density at radius 1 is 1.06 bits per heavy atom. The van der Waals surface area contributed by atoms with E-state index in [2.05, 4.69) is 15.1 Å². The maximum atomic E-state index is 12.9. The molecule has 9 nitrogen and oxygen atoms in total. The van der Waals surface area contributed by atoms with Gasteiger partial charge in [0.05, 0.1) is 24.0 Å². The topological polar surface area (TPSA) is 97.4 Å². The van der Waals surface area contributed by atoms with Gasteiger partial charge < -0.3 is 24.0 Å². The number of carbonyl (C=O) groups is 1. The molecule has 2 atom stereocenters. The average Bonchev–Trinajstić information content (AvgIpc) is 2.78. The van der Waals surface area contributed by atoms with Crippen LogP contribution in [-0.2, 0) is 29.1 Å². The molecule has 1 amide bonds. The average molecular weight is 532 g/mol. The predicted molar refractivity (Wildman–Crippen MR) is 139 cm³/mol. The van der Waals surface area contributed by atoms with Crippen LogP contribution in [0.4, 0.5) is 4.79 Å². The van der Waals surface area contributed by atoms with E-state index in [1.807, 2.05) is 65.0 Å². The molecule has 1 saturated heterocycles. The van der Waals surface area contributed by atoms with Crippen molar-refractivity contribution in [3.63, 3.8) is 0 Å². The molecule has 1 unspecified atom stereocenters. The molecule has 200 valence electrons. The quantitative estimate of drug-likeness (QED) is 0.383. The Morgan fingerprint density at radius 2 is 1.63 bits per heavy atom. The normalized spacial score (nSPS) is 17.6.